The molecular weight excluding hydrogens is 426 g/mol. The summed E-state index contributed by atoms with van der Waals surface area (Å²) in [5.74, 6) is -1.39. The maximum absolute atomic E-state index is 12.3. The van der Waals surface area contributed by atoms with Gasteiger partial charge in [-0.05, 0) is 50.1 Å². The summed E-state index contributed by atoms with van der Waals surface area (Å²) in [6, 6.07) is 8.52. The molecule has 0 saturated carbocycles. The fourth-order valence-electron chi connectivity index (χ4n) is 3.53. The lowest BCUT2D eigenvalue weighted by Crippen LogP contribution is -2.34. The number of esters is 1. The van der Waals surface area contributed by atoms with E-state index < -0.39 is 33.4 Å². The zero-order valence-corrected chi connectivity index (χ0v) is 17.9. The second-order valence-electron chi connectivity index (χ2n) is 7.34. The lowest BCUT2D eigenvalue weighted by atomic mass is 10.1. The zero-order valence-electron chi connectivity index (χ0n) is 17.1. The number of nitrogens with zero attached hydrogens (tertiary/aromatic N) is 2. The van der Waals surface area contributed by atoms with Crippen LogP contribution in [-0.4, -0.2) is 44.1 Å². The highest BCUT2D eigenvalue weighted by Gasteiger charge is 2.33. The molecule has 3 rings (SSSR count). The van der Waals surface area contributed by atoms with E-state index in [0.717, 1.165) is 6.26 Å². The molecule has 0 saturated heterocycles. The van der Waals surface area contributed by atoms with E-state index in [9.17, 15) is 28.1 Å². The average molecular weight is 447 g/mol. The van der Waals surface area contributed by atoms with Crippen LogP contribution in [0.2, 0.25) is 0 Å². The molecule has 11 heteroatoms. The molecule has 0 aromatic heterocycles. The molecule has 2 aromatic carbocycles. The Morgan fingerprint density at radius 1 is 1.26 bits per heavy atom. The SMILES string of the molecule is Cc1ccc(NC(=O)COC(=O)c2ccc3c(c2)CC(C)N3S(C)(=O)=O)cc1[N+](=O)[O-]. The van der Waals surface area contributed by atoms with Crippen molar-refractivity contribution in [3.8, 4) is 0 Å². The monoisotopic (exact) mass is 447 g/mol. The fourth-order valence-corrected chi connectivity index (χ4v) is 4.79. The van der Waals surface area contributed by atoms with E-state index in [0.29, 0.717) is 23.2 Å². The molecule has 0 bridgehead atoms. The molecule has 1 aliphatic heterocycles. The van der Waals surface area contributed by atoms with Crippen molar-refractivity contribution in [1.29, 1.82) is 0 Å². The highest BCUT2D eigenvalue weighted by molar-refractivity contribution is 7.92. The summed E-state index contributed by atoms with van der Waals surface area (Å²) in [4.78, 5) is 34.8. The molecule has 1 N–H and O–H groups in total. The van der Waals surface area contributed by atoms with Crippen molar-refractivity contribution >= 4 is 39.0 Å². The third kappa shape index (κ3) is 4.82. The Labute approximate surface area is 179 Å². The van der Waals surface area contributed by atoms with Crippen molar-refractivity contribution in [2.45, 2.75) is 26.3 Å². The molecule has 1 unspecified atom stereocenters. The number of amides is 1. The van der Waals surface area contributed by atoms with E-state index in [-0.39, 0.29) is 23.0 Å². The minimum absolute atomic E-state index is 0.134. The van der Waals surface area contributed by atoms with Gasteiger partial charge >= 0.3 is 5.97 Å². The number of ether oxygens (including phenoxy) is 1. The molecule has 0 aliphatic carbocycles. The van der Waals surface area contributed by atoms with E-state index in [1.54, 1.807) is 26.0 Å². The van der Waals surface area contributed by atoms with Gasteiger partial charge in [-0.1, -0.05) is 6.07 Å². The number of rotatable bonds is 6. The molecule has 2 aromatic rings. The third-order valence-electron chi connectivity index (χ3n) is 4.85. The number of carbonyl (C=O) groups excluding carboxylic acids is 2. The number of anilines is 2. The number of nitro groups is 1. The lowest BCUT2D eigenvalue weighted by Gasteiger charge is -2.21. The van der Waals surface area contributed by atoms with Gasteiger partial charge in [-0.3, -0.25) is 19.2 Å². The van der Waals surface area contributed by atoms with Gasteiger partial charge in [-0.15, -0.1) is 0 Å². The van der Waals surface area contributed by atoms with Crippen LogP contribution in [-0.2, 0) is 26.0 Å². The van der Waals surface area contributed by atoms with Gasteiger partial charge < -0.3 is 10.1 Å². The number of nitrogens with one attached hydrogen (secondary N) is 1. The number of aryl methyl sites for hydroxylation is 1. The van der Waals surface area contributed by atoms with Crippen molar-refractivity contribution in [2.24, 2.45) is 0 Å². The summed E-state index contributed by atoms with van der Waals surface area (Å²) in [5.41, 5.74) is 1.94. The fraction of sp³-hybridized carbons (Fsp3) is 0.300. The van der Waals surface area contributed by atoms with Crippen LogP contribution in [0.5, 0.6) is 0 Å². The summed E-state index contributed by atoms with van der Waals surface area (Å²) in [6.45, 7) is 2.78. The molecule has 0 fully saturated rings. The van der Waals surface area contributed by atoms with Gasteiger partial charge in [0.15, 0.2) is 6.61 Å². The smallest absolute Gasteiger partial charge is 0.338 e. The van der Waals surface area contributed by atoms with Gasteiger partial charge in [-0.2, -0.15) is 0 Å². The van der Waals surface area contributed by atoms with E-state index in [2.05, 4.69) is 5.32 Å². The number of hydrogen-bond donors (Lipinski definition) is 1. The van der Waals surface area contributed by atoms with Crippen molar-refractivity contribution < 1.29 is 27.7 Å². The quantitative estimate of drug-likeness (QED) is 0.408. The maximum atomic E-state index is 12.3. The van der Waals surface area contributed by atoms with Crippen LogP contribution in [0.25, 0.3) is 0 Å². The summed E-state index contributed by atoms with van der Waals surface area (Å²) in [5, 5.41) is 13.4. The predicted molar refractivity (Wildman–Crippen MR) is 114 cm³/mol. The highest BCUT2D eigenvalue weighted by Crippen LogP contribution is 2.34. The molecule has 164 valence electrons. The van der Waals surface area contributed by atoms with Gasteiger partial charge in [0.05, 0.1) is 22.4 Å². The van der Waals surface area contributed by atoms with Gasteiger partial charge in [0, 0.05) is 23.4 Å². The normalized spacial score (nSPS) is 15.3. The minimum atomic E-state index is -3.44. The van der Waals surface area contributed by atoms with Gasteiger partial charge in [-0.25, -0.2) is 13.2 Å². The summed E-state index contributed by atoms with van der Waals surface area (Å²) in [6.07, 6.45) is 1.58. The Morgan fingerprint density at radius 3 is 2.61 bits per heavy atom. The van der Waals surface area contributed by atoms with E-state index in [1.165, 1.54) is 28.6 Å². The van der Waals surface area contributed by atoms with Gasteiger partial charge in [0.25, 0.3) is 11.6 Å². The number of nitro benzene ring substituents is 1. The molecule has 0 radical (unpaired) electrons. The van der Waals surface area contributed by atoms with E-state index in [1.807, 2.05) is 0 Å². The maximum Gasteiger partial charge on any atom is 0.338 e. The first-order valence-corrected chi connectivity index (χ1v) is 11.2. The van der Waals surface area contributed by atoms with E-state index in [4.69, 9.17) is 4.74 Å². The molecule has 1 amide bonds. The van der Waals surface area contributed by atoms with Crippen LogP contribution >= 0.6 is 0 Å². The van der Waals surface area contributed by atoms with Crippen LogP contribution in [0.15, 0.2) is 36.4 Å². The number of sulfonamides is 1. The largest absolute Gasteiger partial charge is 0.452 e. The topological polar surface area (TPSA) is 136 Å². The molecule has 1 aliphatic rings. The first-order valence-electron chi connectivity index (χ1n) is 9.31. The summed E-state index contributed by atoms with van der Waals surface area (Å²) < 4.78 is 30.3. The van der Waals surface area contributed by atoms with Gasteiger partial charge in [0.2, 0.25) is 10.0 Å². The number of fused-ring (bicyclic) bond motifs is 1. The van der Waals surface area contributed by atoms with E-state index >= 15 is 0 Å². The second-order valence-corrected chi connectivity index (χ2v) is 9.20. The third-order valence-corrected chi connectivity index (χ3v) is 6.12. The Morgan fingerprint density at radius 2 is 1.97 bits per heavy atom. The molecule has 0 spiro atoms. The second kappa shape index (κ2) is 8.34. The Balaban J connectivity index is 1.64. The lowest BCUT2D eigenvalue weighted by molar-refractivity contribution is -0.385. The Bertz CT molecular complexity index is 1180. The standard InChI is InChI=1S/C20H21N3O7S/c1-12-4-6-16(10-18(12)23(26)27)21-19(24)11-30-20(25)14-5-7-17-15(9-14)8-13(2)22(17)31(3,28)29/h4-7,9-10,13H,8,11H2,1-3H3,(H,21,24). The average Bonchev–Trinajstić information content (AvgIpc) is 3.02. The number of carbonyl (C=O) groups is 2. The van der Waals surface area contributed by atoms with Crippen LogP contribution in [0.1, 0.15) is 28.4 Å². The highest BCUT2D eigenvalue weighted by atomic mass is 32.2. The van der Waals surface area contributed by atoms with Crippen LogP contribution in [0, 0.1) is 17.0 Å². The molecule has 1 heterocycles. The van der Waals surface area contributed by atoms with Crippen molar-refractivity contribution in [3.05, 3.63) is 63.2 Å². The molecule has 1 atom stereocenters. The summed E-state index contributed by atoms with van der Waals surface area (Å²) in [7, 11) is -3.44. The van der Waals surface area contributed by atoms with Crippen molar-refractivity contribution in [3.63, 3.8) is 0 Å². The van der Waals surface area contributed by atoms with Crippen LogP contribution in [0.3, 0.4) is 0 Å². The van der Waals surface area contributed by atoms with Gasteiger partial charge in [0.1, 0.15) is 0 Å². The predicted octanol–water partition coefficient (Wildman–Crippen LogP) is 2.41. The summed E-state index contributed by atoms with van der Waals surface area (Å²) >= 11 is 0. The molecule has 10 nitrogen and oxygen atoms in total. The van der Waals surface area contributed by atoms with Crippen molar-refractivity contribution in [1.82, 2.24) is 0 Å². The first kappa shape index (κ1) is 22.2. The first-order chi connectivity index (χ1) is 14.5. The molecule has 31 heavy (non-hydrogen) atoms. The Kier molecular flexibility index (Phi) is 5.98. The van der Waals surface area contributed by atoms with Crippen LogP contribution in [0.4, 0.5) is 17.1 Å². The Hall–Kier alpha value is -3.47. The number of hydrogen-bond acceptors (Lipinski definition) is 7. The number of benzene rings is 2. The van der Waals surface area contributed by atoms with Crippen LogP contribution < -0.4 is 9.62 Å². The van der Waals surface area contributed by atoms with Crippen molar-refractivity contribution in [2.75, 3.05) is 22.5 Å². The minimum Gasteiger partial charge on any atom is -0.452 e. The molecular formula is C20H21N3O7S. The zero-order chi connectivity index (χ0) is 22.9.